The molecule has 0 spiro atoms. The second kappa shape index (κ2) is 9.53. The van der Waals surface area contributed by atoms with E-state index in [0.717, 1.165) is 0 Å². The molecule has 0 atom stereocenters. The predicted molar refractivity (Wildman–Crippen MR) is 114 cm³/mol. The molecule has 0 bridgehead atoms. The molecule has 9 heteroatoms. The van der Waals surface area contributed by atoms with E-state index in [4.69, 9.17) is 21.1 Å². The van der Waals surface area contributed by atoms with E-state index in [-0.39, 0.29) is 45.8 Å². The van der Waals surface area contributed by atoms with E-state index in [2.05, 4.69) is 21.9 Å². The zero-order valence-electron chi connectivity index (χ0n) is 16.7. The highest BCUT2D eigenvalue weighted by molar-refractivity contribution is 6.32. The normalized spacial score (nSPS) is 10.5. The van der Waals surface area contributed by atoms with Crippen LogP contribution >= 0.6 is 11.6 Å². The number of halogens is 3. The van der Waals surface area contributed by atoms with Gasteiger partial charge in [0, 0.05) is 17.7 Å². The van der Waals surface area contributed by atoms with E-state index in [9.17, 15) is 13.6 Å². The van der Waals surface area contributed by atoms with Crippen LogP contribution in [0.1, 0.15) is 21.6 Å². The number of methoxy groups -OCH3 is 2. The molecule has 1 N–H and O–H groups in total. The maximum Gasteiger partial charge on any atom is 0.357 e. The summed E-state index contributed by atoms with van der Waals surface area (Å²) in [7, 11) is 2.46. The number of nitrogens with zero attached hydrogens (tertiary/aromatic N) is 2. The highest BCUT2D eigenvalue weighted by Gasteiger charge is 2.23. The molecule has 0 aliphatic heterocycles. The van der Waals surface area contributed by atoms with Crippen LogP contribution in [0.25, 0.3) is 17.5 Å². The summed E-state index contributed by atoms with van der Waals surface area (Å²) in [5.41, 5.74) is 0.424. The standard InChI is InChI=1S/C22H18ClF2N3O3/c1-4-13-18(22(29)31-3)27-21(14-9-10-15(23)19(30-2)17(14)25)28-20(13)26-11-12-7-5-6-8-16(12)24/h4-10H,1,11H2,2-3H3,(H,26,27,28). The molecule has 1 aromatic heterocycles. The van der Waals surface area contributed by atoms with Crippen LogP contribution in [-0.2, 0) is 11.3 Å². The fourth-order valence-corrected chi connectivity index (χ4v) is 3.11. The van der Waals surface area contributed by atoms with Crippen LogP contribution in [0.15, 0.2) is 43.0 Å². The molecule has 0 saturated carbocycles. The number of carbonyl (C=O) groups is 1. The van der Waals surface area contributed by atoms with Crippen LogP contribution in [0, 0.1) is 11.6 Å². The van der Waals surface area contributed by atoms with Gasteiger partial charge in [-0.1, -0.05) is 42.5 Å². The number of hydrogen-bond donors (Lipinski definition) is 1. The number of benzene rings is 2. The molecule has 3 rings (SSSR count). The summed E-state index contributed by atoms with van der Waals surface area (Å²) < 4.78 is 38.8. The highest BCUT2D eigenvalue weighted by Crippen LogP contribution is 2.35. The number of rotatable bonds is 7. The molecular weight excluding hydrogens is 428 g/mol. The SMILES string of the molecule is C=Cc1c(NCc2ccccc2F)nc(-c2ccc(Cl)c(OC)c2F)nc1C(=O)OC. The molecular formula is C22H18ClF2N3O3. The van der Waals surface area contributed by atoms with Crippen molar-refractivity contribution in [3.05, 3.63) is 76.5 Å². The molecule has 6 nitrogen and oxygen atoms in total. The first-order chi connectivity index (χ1) is 14.9. The molecule has 31 heavy (non-hydrogen) atoms. The molecule has 1 heterocycles. The zero-order valence-corrected chi connectivity index (χ0v) is 17.5. The lowest BCUT2D eigenvalue weighted by Crippen LogP contribution is -2.14. The minimum atomic E-state index is -0.794. The number of carbonyl (C=O) groups excluding carboxylic acids is 1. The summed E-state index contributed by atoms with van der Waals surface area (Å²) in [6.07, 6.45) is 1.36. The zero-order chi connectivity index (χ0) is 22.5. The van der Waals surface area contributed by atoms with Crippen LogP contribution in [0.4, 0.5) is 14.6 Å². The number of esters is 1. The Morgan fingerprint density at radius 3 is 2.58 bits per heavy atom. The van der Waals surface area contributed by atoms with Gasteiger partial charge in [-0.15, -0.1) is 0 Å². The third kappa shape index (κ3) is 4.49. The highest BCUT2D eigenvalue weighted by atomic mass is 35.5. The Bertz CT molecular complexity index is 1160. The Hall–Kier alpha value is -3.52. The van der Waals surface area contributed by atoms with Gasteiger partial charge in [-0.25, -0.2) is 23.5 Å². The number of anilines is 1. The molecule has 0 aliphatic carbocycles. The monoisotopic (exact) mass is 445 g/mol. The van der Waals surface area contributed by atoms with Crippen molar-refractivity contribution in [3.63, 3.8) is 0 Å². The molecule has 160 valence electrons. The largest absolute Gasteiger partial charge is 0.492 e. The summed E-state index contributed by atoms with van der Waals surface area (Å²) >= 11 is 5.96. The van der Waals surface area contributed by atoms with Gasteiger partial charge in [-0.3, -0.25) is 0 Å². The number of aromatic nitrogens is 2. The summed E-state index contributed by atoms with van der Waals surface area (Å²) in [5, 5.41) is 3.03. The quantitative estimate of drug-likeness (QED) is 0.508. The molecule has 0 saturated heterocycles. The van der Waals surface area contributed by atoms with Crippen molar-refractivity contribution < 1.29 is 23.0 Å². The summed E-state index contributed by atoms with van der Waals surface area (Å²) in [4.78, 5) is 20.8. The molecule has 0 aliphatic rings. The summed E-state index contributed by atoms with van der Waals surface area (Å²) in [5.74, 6) is -2.13. The fraction of sp³-hybridized carbons (Fsp3) is 0.136. The van der Waals surface area contributed by atoms with Gasteiger partial charge in [0.1, 0.15) is 11.6 Å². The van der Waals surface area contributed by atoms with E-state index in [1.54, 1.807) is 18.2 Å². The number of ether oxygens (including phenoxy) is 2. The second-order valence-electron chi connectivity index (χ2n) is 6.24. The van der Waals surface area contributed by atoms with Crippen molar-refractivity contribution >= 4 is 29.5 Å². The minimum absolute atomic E-state index is 0.0454. The van der Waals surface area contributed by atoms with Crippen molar-refractivity contribution in [1.29, 1.82) is 0 Å². The van der Waals surface area contributed by atoms with E-state index in [0.29, 0.717) is 5.56 Å². The number of hydrogen-bond acceptors (Lipinski definition) is 6. The maximum absolute atomic E-state index is 15.0. The van der Waals surface area contributed by atoms with E-state index >= 15 is 0 Å². The van der Waals surface area contributed by atoms with Gasteiger partial charge in [0.05, 0.1) is 24.8 Å². The molecule has 0 radical (unpaired) electrons. The van der Waals surface area contributed by atoms with Crippen molar-refractivity contribution in [2.75, 3.05) is 19.5 Å². The lowest BCUT2D eigenvalue weighted by atomic mass is 10.1. The molecule has 0 fully saturated rings. The maximum atomic E-state index is 15.0. The first-order valence-corrected chi connectivity index (χ1v) is 9.41. The Morgan fingerprint density at radius 1 is 1.19 bits per heavy atom. The van der Waals surface area contributed by atoms with Gasteiger partial charge in [0.25, 0.3) is 0 Å². The third-order valence-corrected chi connectivity index (χ3v) is 4.72. The van der Waals surface area contributed by atoms with Crippen LogP contribution < -0.4 is 10.1 Å². The molecule has 0 unspecified atom stereocenters. The van der Waals surface area contributed by atoms with Gasteiger partial charge in [0.15, 0.2) is 23.1 Å². The first-order valence-electron chi connectivity index (χ1n) is 9.03. The van der Waals surface area contributed by atoms with Crippen LogP contribution in [-0.4, -0.2) is 30.2 Å². The lowest BCUT2D eigenvalue weighted by Gasteiger charge is -2.15. The Balaban J connectivity index is 2.15. The van der Waals surface area contributed by atoms with Gasteiger partial charge in [-0.05, 0) is 18.2 Å². The van der Waals surface area contributed by atoms with Gasteiger partial charge in [-0.2, -0.15) is 0 Å². The average molecular weight is 446 g/mol. The van der Waals surface area contributed by atoms with Gasteiger partial charge >= 0.3 is 5.97 Å². The smallest absolute Gasteiger partial charge is 0.357 e. The molecule has 2 aromatic carbocycles. The summed E-state index contributed by atoms with van der Waals surface area (Å²) in [6.45, 7) is 3.74. The Labute approximate surface area is 182 Å². The average Bonchev–Trinajstić information content (AvgIpc) is 2.77. The molecule has 3 aromatic rings. The van der Waals surface area contributed by atoms with E-state index in [1.807, 2.05) is 0 Å². The van der Waals surface area contributed by atoms with E-state index < -0.39 is 17.6 Å². The second-order valence-corrected chi connectivity index (χ2v) is 6.65. The van der Waals surface area contributed by atoms with Crippen molar-refractivity contribution in [3.8, 4) is 17.1 Å². The van der Waals surface area contributed by atoms with Crippen LogP contribution in [0.3, 0.4) is 0 Å². The topological polar surface area (TPSA) is 73.3 Å². The van der Waals surface area contributed by atoms with Crippen molar-refractivity contribution in [1.82, 2.24) is 9.97 Å². The fourth-order valence-electron chi connectivity index (χ4n) is 2.88. The van der Waals surface area contributed by atoms with Crippen LogP contribution in [0.2, 0.25) is 5.02 Å². The minimum Gasteiger partial charge on any atom is -0.492 e. The molecule has 0 amide bonds. The Morgan fingerprint density at radius 2 is 1.94 bits per heavy atom. The lowest BCUT2D eigenvalue weighted by molar-refractivity contribution is 0.0593. The first kappa shape index (κ1) is 22.2. The van der Waals surface area contributed by atoms with Crippen molar-refractivity contribution in [2.24, 2.45) is 0 Å². The van der Waals surface area contributed by atoms with Gasteiger partial charge < -0.3 is 14.8 Å². The number of nitrogens with one attached hydrogen (secondary N) is 1. The van der Waals surface area contributed by atoms with E-state index in [1.165, 1.54) is 38.5 Å². The van der Waals surface area contributed by atoms with Crippen LogP contribution in [0.5, 0.6) is 5.75 Å². The van der Waals surface area contributed by atoms with Crippen molar-refractivity contribution in [2.45, 2.75) is 6.54 Å². The third-order valence-electron chi connectivity index (χ3n) is 4.43. The summed E-state index contributed by atoms with van der Waals surface area (Å²) in [6, 6.07) is 8.98. The predicted octanol–water partition coefficient (Wildman–Crippen LogP) is 5.13. The van der Waals surface area contributed by atoms with Gasteiger partial charge in [0.2, 0.25) is 0 Å². The Kier molecular flexibility index (Phi) is 6.81.